The molecule has 0 saturated heterocycles. The summed E-state index contributed by atoms with van der Waals surface area (Å²) in [4.78, 5) is 4.55. The van der Waals surface area contributed by atoms with Gasteiger partial charge in [0, 0.05) is 17.8 Å². The normalized spacial score (nSPS) is 21.0. The molecule has 1 aromatic heterocycles. The maximum absolute atomic E-state index is 5.92. The van der Waals surface area contributed by atoms with Crippen molar-refractivity contribution in [2.75, 3.05) is 19.8 Å². The minimum Gasteiger partial charge on any atom is -0.491 e. The lowest BCUT2D eigenvalue weighted by Crippen LogP contribution is -2.40. The van der Waals surface area contributed by atoms with Gasteiger partial charge in [-0.3, -0.25) is 4.98 Å². The van der Waals surface area contributed by atoms with Crippen LogP contribution in [0.3, 0.4) is 0 Å². The van der Waals surface area contributed by atoms with E-state index in [1.165, 1.54) is 0 Å². The van der Waals surface area contributed by atoms with Gasteiger partial charge in [-0.1, -0.05) is 20.8 Å². The zero-order chi connectivity index (χ0) is 18.5. The molecular formula is C21H36N2O2. The predicted molar refractivity (Wildman–Crippen MR) is 103 cm³/mol. The fourth-order valence-corrected chi connectivity index (χ4v) is 2.84. The minimum absolute atomic E-state index is 0.167. The van der Waals surface area contributed by atoms with Crippen molar-refractivity contribution >= 4 is 0 Å². The molecular weight excluding hydrogens is 312 g/mol. The Morgan fingerprint density at radius 1 is 1.12 bits per heavy atom. The molecule has 0 unspecified atom stereocenters. The topological polar surface area (TPSA) is 43.4 Å². The summed E-state index contributed by atoms with van der Waals surface area (Å²) in [5.74, 6) is 1.56. The van der Waals surface area contributed by atoms with Gasteiger partial charge < -0.3 is 14.8 Å². The first-order valence-electron chi connectivity index (χ1n) is 9.55. The highest BCUT2D eigenvalue weighted by Gasteiger charge is 2.30. The number of hydrogen-bond donors (Lipinski definition) is 1. The molecule has 1 heterocycles. The Balaban J connectivity index is 1.61. The molecule has 0 atom stereocenters. The van der Waals surface area contributed by atoms with Gasteiger partial charge in [0.05, 0.1) is 25.5 Å². The van der Waals surface area contributed by atoms with Crippen LogP contribution in [0.25, 0.3) is 0 Å². The van der Waals surface area contributed by atoms with Crippen molar-refractivity contribution in [3.05, 3.63) is 24.0 Å². The third-order valence-corrected chi connectivity index (χ3v) is 4.27. The fourth-order valence-electron chi connectivity index (χ4n) is 2.84. The van der Waals surface area contributed by atoms with Crippen molar-refractivity contribution in [3.8, 4) is 5.75 Å². The van der Waals surface area contributed by atoms with Crippen molar-refractivity contribution in [1.82, 2.24) is 10.3 Å². The fraction of sp³-hybridized carbons (Fsp3) is 0.762. The van der Waals surface area contributed by atoms with Crippen LogP contribution in [0.2, 0.25) is 0 Å². The van der Waals surface area contributed by atoms with Crippen LogP contribution in [-0.4, -0.2) is 36.4 Å². The van der Waals surface area contributed by atoms with Gasteiger partial charge in [0.15, 0.2) is 0 Å². The molecule has 4 nitrogen and oxygen atoms in total. The number of ether oxygens (including phenoxy) is 2. The standard InChI is InChI=1S/C21H36N2O2/c1-20(2,3)15-25-18-8-7-17(22-14-18)11-16-12-19(13-16)24-10-9-23-21(4,5)6/h7-8,14,16,19,23H,9-13,15H2,1-6H3. The van der Waals surface area contributed by atoms with E-state index in [0.29, 0.717) is 18.6 Å². The van der Waals surface area contributed by atoms with E-state index in [-0.39, 0.29) is 11.0 Å². The average Bonchev–Trinajstić information content (AvgIpc) is 2.45. The molecule has 1 fully saturated rings. The van der Waals surface area contributed by atoms with Crippen molar-refractivity contribution in [2.45, 2.75) is 72.4 Å². The van der Waals surface area contributed by atoms with E-state index in [0.717, 1.165) is 43.9 Å². The summed E-state index contributed by atoms with van der Waals surface area (Å²) >= 11 is 0. The number of pyridine rings is 1. The highest BCUT2D eigenvalue weighted by molar-refractivity contribution is 5.20. The Kier molecular flexibility index (Phi) is 6.86. The largest absolute Gasteiger partial charge is 0.491 e. The van der Waals surface area contributed by atoms with E-state index in [2.05, 4.69) is 57.9 Å². The van der Waals surface area contributed by atoms with E-state index in [1.54, 1.807) is 0 Å². The summed E-state index contributed by atoms with van der Waals surface area (Å²) in [5, 5.41) is 3.45. The van der Waals surface area contributed by atoms with Crippen molar-refractivity contribution in [1.29, 1.82) is 0 Å². The van der Waals surface area contributed by atoms with Gasteiger partial charge in [0.2, 0.25) is 0 Å². The molecule has 0 radical (unpaired) electrons. The Bertz CT molecular complexity index is 508. The molecule has 4 heteroatoms. The van der Waals surface area contributed by atoms with E-state index >= 15 is 0 Å². The molecule has 0 amide bonds. The summed E-state index contributed by atoms with van der Waals surface area (Å²) in [6, 6.07) is 4.14. The molecule has 142 valence electrons. The van der Waals surface area contributed by atoms with Gasteiger partial charge in [0.1, 0.15) is 5.75 Å². The first kappa shape index (κ1) is 20.2. The van der Waals surface area contributed by atoms with Gasteiger partial charge >= 0.3 is 0 Å². The monoisotopic (exact) mass is 348 g/mol. The first-order chi connectivity index (χ1) is 11.6. The average molecular weight is 349 g/mol. The second-order valence-corrected chi connectivity index (χ2v) is 9.55. The molecule has 1 aliphatic rings. The Labute approximate surface area is 153 Å². The van der Waals surface area contributed by atoms with Crippen molar-refractivity contribution in [2.24, 2.45) is 11.3 Å². The van der Waals surface area contributed by atoms with Crippen LogP contribution in [0, 0.1) is 11.3 Å². The minimum atomic E-state index is 0.167. The molecule has 1 N–H and O–H groups in total. The quantitative estimate of drug-likeness (QED) is 0.714. The van der Waals surface area contributed by atoms with Crippen LogP contribution in [0.15, 0.2) is 18.3 Å². The lowest BCUT2D eigenvalue weighted by atomic mass is 9.79. The molecule has 25 heavy (non-hydrogen) atoms. The molecule has 0 bridgehead atoms. The Hall–Kier alpha value is -1.13. The third kappa shape index (κ3) is 8.19. The molecule has 0 aromatic carbocycles. The second kappa shape index (κ2) is 8.50. The van der Waals surface area contributed by atoms with Gasteiger partial charge in [-0.15, -0.1) is 0 Å². The van der Waals surface area contributed by atoms with Crippen LogP contribution in [-0.2, 0) is 11.2 Å². The number of aromatic nitrogens is 1. The summed E-state index contributed by atoms with van der Waals surface area (Å²) in [6.45, 7) is 15.5. The third-order valence-electron chi connectivity index (χ3n) is 4.27. The number of hydrogen-bond acceptors (Lipinski definition) is 4. The number of nitrogens with zero attached hydrogens (tertiary/aromatic N) is 1. The van der Waals surface area contributed by atoms with Crippen LogP contribution in [0.5, 0.6) is 5.75 Å². The summed E-state index contributed by atoms with van der Waals surface area (Å²) in [5.41, 5.74) is 1.49. The highest BCUT2D eigenvalue weighted by atomic mass is 16.5. The number of rotatable bonds is 8. The van der Waals surface area contributed by atoms with Crippen molar-refractivity contribution < 1.29 is 9.47 Å². The Morgan fingerprint density at radius 2 is 1.84 bits per heavy atom. The lowest BCUT2D eigenvalue weighted by Gasteiger charge is -2.35. The van der Waals surface area contributed by atoms with E-state index in [4.69, 9.17) is 9.47 Å². The number of nitrogens with one attached hydrogen (secondary N) is 1. The summed E-state index contributed by atoms with van der Waals surface area (Å²) < 4.78 is 11.7. The summed E-state index contributed by atoms with van der Waals surface area (Å²) in [6.07, 6.45) is 5.63. The Morgan fingerprint density at radius 3 is 2.40 bits per heavy atom. The van der Waals surface area contributed by atoms with Crippen LogP contribution >= 0.6 is 0 Å². The smallest absolute Gasteiger partial charge is 0.137 e. The van der Waals surface area contributed by atoms with E-state index < -0.39 is 0 Å². The molecule has 0 aliphatic heterocycles. The second-order valence-electron chi connectivity index (χ2n) is 9.55. The van der Waals surface area contributed by atoms with Crippen LogP contribution in [0.4, 0.5) is 0 Å². The molecule has 2 rings (SSSR count). The molecule has 0 spiro atoms. The van der Waals surface area contributed by atoms with Gasteiger partial charge in [-0.05, 0) is 63.5 Å². The van der Waals surface area contributed by atoms with Gasteiger partial charge in [-0.25, -0.2) is 0 Å². The predicted octanol–water partition coefficient (Wildman–Crippen LogP) is 4.23. The molecule has 1 aliphatic carbocycles. The van der Waals surface area contributed by atoms with Gasteiger partial charge in [0.25, 0.3) is 0 Å². The van der Waals surface area contributed by atoms with Crippen LogP contribution < -0.4 is 10.1 Å². The summed E-state index contributed by atoms with van der Waals surface area (Å²) in [7, 11) is 0. The highest BCUT2D eigenvalue weighted by Crippen LogP contribution is 2.32. The molecule has 1 aromatic rings. The van der Waals surface area contributed by atoms with Gasteiger partial charge in [-0.2, -0.15) is 0 Å². The van der Waals surface area contributed by atoms with Crippen molar-refractivity contribution in [3.63, 3.8) is 0 Å². The maximum atomic E-state index is 5.92. The SMILES string of the molecule is CC(C)(C)COc1ccc(CC2CC(OCCNC(C)(C)C)C2)nc1. The maximum Gasteiger partial charge on any atom is 0.137 e. The first-order valence-corrected chi connectivity index (χ1v) is 9.55. The zero-order valence-electron chi connectivity index (χ0n) is 16.9. The van der Waals surface area contributed by atoms with E-state index in [1.807, 2.05) is 12.3 Å². The molecule has 1 saturated carbocycles. The van der Waals surface area contributed by atoms with E-state index in [9.17, 15) is 0 Å². The zero-order valence-corrected chi connectivity index (χ0v) is 16.9. The van der Waals surface area contributed by atoms with Crippen LogP contribution in [0.1, 0.15) is 60.1 Å². The lowest BCUT2D eigenvalue weighted by molar-refractivity contribution is -0.0298.